The molecule has 0 aliphatic heterocycles. The summed E-state index contributed by atoms with van der Waals surface area (Å²) in [4.78, 5) is 28.7. The Morgan fingerprint density at radius 2 is 2.04 bits per heavy atom. The van der Waals surface area contributed by atoms with Crippen LogP contribution in [0.25, 0.3) is 5.65 Å². The number of H-pyrrole nitrogens is 1. The smallest absolute Gasteiger partial charge is 0.347 e. The van der Waals surface area contributed by atoms with Crippen molar-refractivity contribution < 1.29 is 13.9 Å². The number of hydrogen-bond donors (Lipinski definition) is 1. The molecule has 1 atom stereocenters. The van der Waals surface area contributed by atoms with Gasteiger partial charge in [0.15, 0.2) is 11.8 Å². The van der Waals surface area contributed by atoms with E-state index in [0.717, 1.165) is 0 Å². The van der Waals surface area contributed by atoms with Crippen molar-refractivity contribution in [3.8, 4) is 0 Å². The van der Waals surface area contributed by atoms with Gasteiger partial charge in [-0.1, -0.05) is 18.2 Å². The average Bonchev–Trinajstić information content (AvgIpc) is 3.08. The van der Waals surface area contributed by atoms with Gasteiger partial charge >= 0.3 is 11.7 Å². The average molecular weight is 364 g/mol. The number of aromatic nitrogens is 4. The van der Waals surface area contributed by atoms with Crippen molar-refractivity contribution in [2.45, 2.75) is 6.10 Å². The van der Waals surface area contributed by atoms with Gasteiger partial charge in [-0.25, -0.2) is 23.5 Å². The van der Waals surface area contributed by atoms with E-state index in [0.29, 0.717) is 11.3 Å². The Morgan fingerprint density at radius 1 is 1.15 bits per heavy atom. The Bertz CT molecular complexity index is 1170. The highest BCUT2D eigenvalue weighted by Crippen LogP contribution is 2.26. The molecule has 27 heavy (non-hydrogen) atoms. The molecule has 0 radical (unpaired) electrons. The Labute approximate surface area is 152 Å². The molecule has 0 saturated carbocycles. The standard InChI is InChI=1S/C19H13FN4O3/c20-13-6-3-5-12(11-13)16(15-8-1-2-9-21-15)27-18(25)14-7-4-10-24-17(14)22-23-19(24)26/h1-11,16H,(H,23,26)/t16-/m1/s1. The van der Waals surface area contributed by atoms with E-state index in [1.165, 1.54) is 34.9 Å². The van der Waals surface area contributed by atoms with Crippen LogP contribution in [-0.2, 0) is 4.74 Å². The summed E-state index contributed by atoms with van der Waals surface area (Å²) in [5.74, 6) is -1.16. The molecular weight excluding hydrogens is 351 g/mol. The predicted molar refractivity (Wildman–Crippen MR) is 93.7 cm³/mol. The van der Waals surface area contributed by atoms with Gasteiger partial charge in [0.1, 0.15) is 11.4 Å². The summed E-state index contributed by atoms with van der Waals surface area (Å²) in [6.07, 6.45) is 2.13. The van der Waals surface area contributed by atoms with Gasteiger partial charge < -0.3 is 4.74 Å². The molecule has 3 heterocycles. The number of aromatic amines is 1. The first kappa shape index (κ1) is 16.6. The van der Waals surface area contributed by atoms with Gasteiger partial charge in [0.2, 0.25) is 0 Å². The molecular formula is C19H13FN4O3. The van der Waals surface area contributed by atoms with Crippen LogP contribution in [0.2, 0.25) is 0 Å². The van der Waals surface area contributed by atoms with Crippen molar-refractivity contribution in [3.05, 3.63) is 100 Å². The van der Waals surface area contributed by atoms with E-state index in [4.69, 9.17) is 4.74 Å². The number of nitrogens with zero attached hydrogens (tertiary/aromatic N) is 3. The zero-order chi connectivity index (χ0) is 18.8. The Morgan fingerprint density at radius 3 is 2.81 bits per heavy atom. The first-order valence-corrected chi connectivity index (χ1v) is 8.06. The summed E-state index contributed by atoms with van der Waals surface area (Å²) >= 11 is 0. The summed E-state index contributed by atoms with van der Waals surface area (Å²) in [7, 11) is 0. The van der Waals surface area contributed by atoms with Gasteiger partial charge in [-0.15, -0.1) is 0 Å². The van der Waals surface area contributed by atoms with E-state index in [9.17, 15) is 14.0 Å². The summed E-state index contributed by atoms with van der Waals surface area (Å²) in [6.45, 7) is 0. The van der Waals surface area contributed by atoms with Crippen molar-refractivity contribution >= 4 is 11.6 Å². The van der Waals surface area contributed by atoms with Crippen LogP contribution >= 0.6 is 0 Å². The molecule has 0 bridgehead atoms. The largest absolute Gasteiger partial charge is 0.447 e. The first-order valence-electron chi connectivity index (χ1n) is 8.06. The topological polar surface area (TPSA) is 89.3 Å². The van der Waals surface area contributed by atoms with Crippen molar-refractivity contribution in [3.63, 3.8) is 0 Å². The lowest BCUT2D eigenvalue weighted by Gasteiger charge is -2.18. The van der Waals surface area contributed by atoms with Crippen LogP contribution in [0.4, 0.5) is 4.39 Å². The van der Waals surface area contributed by atoms with Crippen molar-refractivity contribution in [2.75, 3.05) is 0 Å². The fourth-order valence-electron chi connectivity index (χ4n) is 2.76. The molecule has 134 valence electrons. The SMILES string of the molecule is O=C(O[C@H](c1cccc(F)c1)c1ccccn1)c1cccn2c(=O)[nH]nc12. The molecule has 0 unspecified atom stereocenters. The summed E-state index contributed by atoms with van der Waals surface area (Å²) in [6, 6.07) is 14.0. The van der Waals surface area contributed by atoms with Crippen LogP contribution in [0.1, 0.15) is 27.7 Å². The molecule has 7 nitrogen and oxygen atoms in total. The lowest BCUT2D eigenvalue weighted by molar-refractivity contribution is 0.0371. The molecule has 0 amide bonds. The van der Waals surface area contributed by atoms with E-state index >= 15 is 0 Å². The predicted octanol–water partition coefficient (Wildman–Crippen LogP) is 2.50. The van der Waals surface area contributed by atoms with E-state index in [1.807, 2.05) is 0 Å². The van der Waals surface area contributed by atoms with Crippen LogP contribution < -0.4 is 5.69 Å². The lowest BCUT2D eigenvalue weighted by atomic mass is 10.1. The van der Waals surface area contributed by atoms with Crippen LogP contribution in [0.15, 0.2) is 71.8 Å². The molecule has 0 aliphatic rings. The minimum atomic E-state index is -0.916. The molecule has 4 aromatic rings. The number of esters is 1. The Hall–Kier alpha value is -3.81. The van der Waals surface area contributed by atoms with Crippen molar-refractivity contribution in [1.29, 1.82) is 0 Å². The highest BCUT2D eigenvalue weighted by atomic mass is 19.1. The Balaban J connectivity index is 1.75. The summed E-state index contributed by atoms with van der Waals surface area (Å²) < 4.78 is 20.5. The first-order chi connectivity index (χ1) is 13.1. The highest BCUT2D eigenvalue weighted by molar-refractivity contribution is 5.95. The fraction of sp³-hybridized carbons (Fsp3) is 0.0526. The third kappa shape index (κ3) is 3.20. The Kier molecular flexibility index (Phi) is 4.21. The third-order valence-electron chi connectivity index (χ3n) is 4.00. The van der Waals surface area contributed by atoms with Crippen molar-refractivity contribution in [1.82, 2.24) is 19.6 Å². The van der Waals surface area contributed by atoms with E-state index in [2.05, 4.69) is 15.2 Å². The molecule has 0 aliphatic carbocycles. The maximum atomic E-state index is 13.7. The van der Waals surface area contributed by atoms with Gasteiger partial charge in [0, 0.05) is 18.0 Å². The quantitative estimate of drug-likeness (QED) is 0.562. The van der Waals surface area contributed by atoms with Crippen LogP contribution in [0, 0.1) is 5.82 Å². The zero-order valence-corrected chi connectivity index (χ0v) is 13.9. The maximum Gasteiger partial charge on any atom is 0.347 e. The fourth-order valence-corrected chi connectivity index (χ4v) is 2.76. The highest BCUT2D eigenvalue weighted by Gasteiger charge is 2.23. The molecule has 1 aromatic carbocycles. The van der Waals surface area contributed by atoms with Gasteiger partial charge in [-0.2, -0.15) is 5.10 Å². The number of carbonyl (C=O) groups excluding carboxylic acids is 1. The lowest BCUT2D eigenvalue weighted by Crippen LogP contribution is -2.16. The van der Waals surface area contributed by atoms with Gasteiger partial charge in [0.05, 0.1) is 5.69 Å². The molecule has 0 spiro atoms. The number of benzene rings is 1. The van der Waals surface area contributed by atoms with Gasteiger partial charge in [0.25, 0.3) is 0 Å². The van der Waals surface area contributed by atoms with E-state index in [-0.39, 0.29) is 11.2 Å². The number of halogens is 1. The number of nitrogens with one attached hydrogen (secondary N) is 1. The van der Waals surface area contributed by atoms with Crippen molar-refractivity contribution in [2.24, 2.45) is 0 Å². The number of ether oxygens (including phenoxy) is 1. The van der Waals surface area contributed by atoms with E-state index in [1.54, 1.807) is 36.5 Å². The minimum Gasteiger partial charge on any atom is -0.447 e. The van der Waals surface area contributed by atoms with Crippen LogP contribution in [0.3, 0.4) is 0 Å². The molecule has 4 rings (SSSR count). The number of fused-ring (bicyclic) bond motifs is 1. The van der Waals surface area contributed by atoms with Gasteiger partial charge in [-0.3, -0.25) is 4.98 Å². The van der Waals surface area contributed by atoms with E-state index < -0.39 is 23.6 Å². The second-order valence-corrected chi connectivity index (χ2v) is 5.74. The monoisotopic (exact) mass is 364 g/mol. The molecule has 0 fully saturated rings. The normalized spacial score (nSPS) is 12.0. The molecule has 0 saturated heterocycles. The third-order valence-corrected chi connectivity index (χ3v) is 4.00. The second kappa shape index (κ2) is 6.83. The minimum absolute atomic E-state index is 0.105. The van der Waals surface area contributed by atoms with Crippen LogP contribution in [-0.4, -0.2) is 25.6 Å². The summed E-state index contributed by atoms with van der Waals surface area (Å²) in [5, 5.41) is 6.14. The molecule has 1 N–H and O–H groups in total. The number of rotatable bonds is 4. The number of carbonyl (C=O) groups is 1. The molecule has 3 aromatic heterocycles. The second-order valence-electron chi connectivity index (χ2n) is 5.74. The number of pyridine rings is 2. The van der Waals surface area contributed by atoms with Crippen LogP contribution in [0.5, 0.6) is 0 Å². The number of hydrogen-bond acceptors (Lipinski definition) is 5. The molecule has 8 heteroatoms. The zero-order valence-electron chi connectivity index (χ0n) is 13.9. The maximum absolute atomic E-state index is 13.7. The summed E-state index contributed by atoms with van der Waals surface area (Å²) in [5.41, 5.74) is 0.669. The van der Waals surface area contributed by atoms with Gasteiger partial charge in [-0.05, 0) is 36.4 Å².